The zero-order chi connectivity index (χ0) is 12.6. The van der Waals surface area contributed by atoms with E-state index < -0.39 is 16.4 Å². The van der Waals surface area contributed by atoms with Crippen molar-refractivity contribution in [3.05, 3.63) is 39.0 Å². The van der Waals surface area contributed by atoms with E-state index in [0.717, 1.165) is 12.1 Å². The van der Waals surface area contributed by atoms with E-state index in [2.05, 4.69) is 4.98 Å². The van der Waals surface area contributed by atoms with Crippen LogP contribution in [-0.4, -0.2) is 15.0 Å². The minimum atomic E-state index is -0.732. The number of aromatic hydroxyl groups is 1. The lowest BCUT2D eigenvalue weighted by atomic mass is 10.1. The SMILES string of the molecule is N#Cc1cnc2cc(O)c([N+](=O)[O-])cc2c1Cl. The van der Waals surface area contributed by atoms with Crippen molar-refractivity contribution in [1.29, 1.82) is 5.26 Å². The number of benzene rings is 1. The van der Waals surface area contributed by atoms with Gasteiger partial charge in [0.15, 0.2) is 5.75 Å². The van der Waals surface area contributed by atoms with Gasteiger partial charge in [0.25, 0.3) is 0 Å². The standard InChI is InChI=1S/C10H4ClN3O3/c11-10-5(3-12)4-13-7-2-9(15)8(14(16)17)1-6(7)10/h1-2,4,15H. The summed E-state index contributed by atoms with van der Waals surface area (Å²) in [5, 5.41) is 29.2. The summed E-state index contributed by atoms with van der Waals surface area (Å²) in [5.41, 5.74) is -0.0625. The van der Waals surface area contributed by atoms with Gasteiger partial charge in [0.05, 0.1) is 21.0 Å². The van der Waals surface area contributed by atoms with Gasteiger partial charge in [-0.3, -0.25) is 15.1 Å². The van der Waals surface area contributed by atoms with E-state index in [1.54, 1.807) is 0 Å². The van der Waals surface area contributed by atoms with Crippen molar-refractivity contribution in [2.45, 2.75) is 0 Å². The number of nitro benzene ring substituents is 1. The zero-order valence-corrected chi connectivity index (χ0v) is 8.97. The molecule has 1 aromatic carbocycles. The van der Waals surface area contributed by atoms with Crippen molar-refractivity contribution in [3.8, 4) is 11.8 Å². The molecule has 0 saturated carbocycles. The van der Waals surface area contributed by atoms with Gasteiger partial charge >= 0.3 is 5.69 Å². The van der Waals surface area contributed by atoms with E-state index in [9.17, 15) is 15.2 Å². The minimum absolute atomic E-state index is 0.0839. The molecule has 0 aliphatic carbocycles. The second kappa shape index (κ2) is 3.88. The molecule has 84 valence electrons. The first-order valence-electron chi connectivity index (χ1n) is 4.40. The highest BCUT2D eigenvalue weighted by Gasteiger charge is 2.17. The average Bonchev–Trinajstić information content (AvgIpc) is 2.28. The van der Waals surface area contributed by atoms with Crippen LogP contribution in [0.3, 0.4) is 0 Å². The highest BCUT2D eigenvalue weighted by molar-refractivity contribution is 6.36. The molecule has 2 rings (SSSR count). The molecule has 0 bridgehead atoms. The lowest BCUT2D eigenvalue weighted by molar-refractivity contribution is -0.385. The third-order valence-electron chi connectivity index (χ3n) is 2.22. The Morgan fingerprint density at radius 3 is 2.82 bits per heavy atom. The van der Waals surface area contributed by atoms with Gasteiger partial charge in [0.2, 0.25) is 0 Å². The number of fused-ring (bicyclic) bond motifs is 1. The van der Waals surface area contributed by atoms with E-state index in [4.69, 9.17) is 16.9 Å². The molecule has 0 aliphatic heterocycles. The summed E-state index contributed by atoms with van der Waals surface area (Å²) in [7, 11) is 0. The molecule has 17 heavy (non-hydrogen) atoms. The Balaban J connectivity index is 2.87. The van der Waals surface area contributed by atoms with Crippen LogP contribution in [0.25, 0.3) is 10.9 Å². The fourth-order valence-corrected chi connectivity index (χ4v) is 1.65. The van der Waals surface area contributed by atoms with Crippen LogP contribution in [0.1, 0.15) is 5.56 Å². The lowest BCUT2D eigenvalue weighted by Gasteiger charge is -2.02. The largest absolute Gasteiger partial charge is 0.502 e. The van der Waals surface area contributed by atoms with E-state index in [0.29, 0.717) is 0 Å². The number of hydrogen-bond donors (Lipinski definition) is 1. The van der Waals surface area contributed by atoms with Crippen LogP contribution in [0.4, 0.5) is 5.69 Å². The Kier molecular flexibility index (Phi) is 2.54. The second-order valence-electron chi connectivity index (χ2n) is 3.21. The topological polar surface area (TPSA) is 100 Å². The Morgan fingerprint density at radius 1 is 1.53 bits per heavy atom. The van der Waals surface area contributed by atoms with E-state index in [1.165, 1.54) is 6.20 Å². The fraction of sp³-hybridized carbons (Fsp3) is 0. The smallest absolute Gasteiger partial charge is 0.311 e. The molecule has 1 heterocycles. The van der Waals surface area contributed by atoms with Crippen molar-refractivity contribution >= 4 is 28.2 Å². The number of phenolic OH excluding ortho intramolecular Hbond substituents is 1. The van der Waals surface area contributed by atoms with Crippen LogP contribution in [-0.2, 0) is 0 Å². The molecule has 1 N–H and O–H groups in total. The van der Waals surface area contributed by atoms with Gasteiger partial charge in [-0.05, 0) is 0 Å². The number of rotatable bonds is 1. The highest BCUT2D eigenvalue weighted by Crippen LogP contribution is 2.34. The molecule has 0 amide bonds. The summed E-state index contributed by atoms with van der Waals surface area (Å²) >= 11 is 5.90. The van der Waals surface area contributed by atoms with Crippen molar-refractivity contribution < 1.29 is 10.0 Å². The van der Waals surface area contributed by atoms with Gasteiger partial charge in [-0.2, -0.15) is 5.26 Å². The predicted molar refractivity (Wildman–Crippen MR) is 59.8 cm³/mol. The van der Waals surface area contributed by atoms with Crippen LogP contribution >= 0.6 is 11.6 Å². The Labute approximate surface area is 99.8 Å². The Morgan fingerprint density at radius 2 is 2.24 bits per heavy atom. The molecule has 0 spiro atoms. The maximum Gasteiger partial charge on any atom is 0.311 e. The summed E-state index contributed by atoms with van der Waals surface area (Å²) in [4.78, 5) is 13.8. The quantitative estimate of drug-likeness (QED) is 0.618. The molecular formula is C10H4ClN3O3. The molecule has 0 radical (unpaired) electrons. The van der Waals surface area contributed by atoms with E-state index in [1.807, 2.05) is 6.07 Å². The summed E-state index contributed by atoms with van der Waals surface area (Å²) in [6.07, 6.45) is 1.25. The summed E-state index contributed by atoms with van der Waals surface area (Å²) in [5.74, 6) is -0.490. The molecular weight excluding hydrogens is 246 g/mol. The lowest BCUT2D eigenvalue weighted by Crippen LogP contribution is -1.91. The van der Waals surface area contributed by atoms with Crippen molar-refractivity contribution in [1.82, 2.24) is 4.98 Å². The number of halogens is 1. The molecule has 6 nitrogen and oxygen atoms in total. The number of aromatic nitrogens is 1. The number of nitrogens with zero attached hydrogens (tertiary/aromatic N) is 3. The molecule has 0 atom stereocenters. The molecule has 1 aromatic heterocycles. The molecule has 0 saturated heterocycles. The van der Waals surface area contributed by atoms with E-state index >= 15 is 0 Å². The maximum atomic E-state index is 10.6. The van der Waals surface area contributed by atoms with Crippen molar-refractivity contribution in [2.75, 3.05) is 0 Å². The number of phenols is 1. The van der Waals surface area contributed by atoms with Crippen LogP contribution in [0.15, 0.2) is 18.3 Å². The fourth-order valence-electron chi connectivity index (χ4n) is 1.41. The number of pyridine rings is 1. The molecule has 7 heteroatoms. The summed E-state index contributed by atoms with van der Waals surface area (Å²) < 4.78 is 0. The van der Waals surface area contributed by atoms with Crippen LogP contribution in [0, 0.1) is 21.4 Å². The average molecular weight is 250 g/mol. The monoisotopic (exact) mass is 249 g/mol. The first kappa shape index (κ1) is 11.1. The number of nitriles is 1. The highest BCUT2D eigenvalue weighted by atomic mass is 35.5. The van der Waals surface area contributed by atoms with Gasteiger partial charge in [0.1, 0.15) is 6.07 Å². The van der Waals surface area contributed by atoms with Gasteiger partial charge in [-0.1, -0.05) is 11.6 Å². The van der Waals surface area contributed by atoms with Gasteiger partial charge < -0.3 is 5.11 Å². The second-order valence-corrected chi connectivity index (χ2v) is 3.59. The van der Waals surface area contributed by atoms with Crippen molar-refractivity contribution in [2.24, 2.45) is 0 Å². The Bertz CT molecular complexity index is 679. The number of nitro groups is 1. The first-order chi connectivity index (χ1) is 8.04. The van der Waals surface area contributed by atoms with Crippen LogP contribution < -0.4 is 0 Å². The van der Waals surface area contributed by atoms with E-state index in [-0.39, 0.29) is 21.5 Å². The third kappa shape index (κ3) is 1.73. The summed E-state index contributed by atoms with van der Waals surface area (Å²) in [6, 6.07) is 4.06. The zero-order valence-electron chi connectivity index (χ0n) is 8.22. The number of hydrogen-bond acceptors (Lipinski definition) is 5. The molecule has 2 aromatic rings. The van der Waals surface area contributed by atoms with Gasteiger partial charge in [-0.15, -0.1) is 0 Å². The summed E-state index contributed by atoms with van der Waals surface area (Å²) in [6.45, 7) is 0. The molecule has 0 unspecified atom stereocenters. The Hall–Kier alpha value is -2.39. The predicted octanol–water partition coefficient (Wildman–Crippen LogP) is 2.37. The molecule has 0 fully saturated rings. The van der Waals surface area contributed by atoms with Crippen LogP contribution in [0.2, 0.25) is 5.02 Å². The normalized spacial score (nSPS) is 10.1. The first-order valence-corrected chi connectivity index (χ1v) is 4.78. The van der Waals surface area contributed by atoms with Crippen molar-refractivity contribution in [3.63, 3.8) is 0 Å². The minimum Gasteiger partial charge on any atom is -0.502 e. The van der Waals surface area contributed by atoms with Crippen LogP contribution in [0.5, 0.6) is 5.75 Å². The molecule has 0 aliphatic rings. The van der Waals surface area contributed by atoms with Gasteiger partial charge in [0, 0.05) is 23.7 Å². The maximum absolute atomic E-state index is 10.6. The third-order valence-corrected chi connectivity index (χ3v) is 2.62. The van der Waals surface area contributed by atoms with Gasteiger partial charge in [-0.25, -0.2) is 0 Å².